The molecule has 114 valence electrons. The van der Waals surface area contributed by atoms with Gasteiger partial charge in [-0.15, -0.1) is 22.7 Å². The summed E-state index contributed by atoms with van der Waals surface area (Å²) in [7, 11) is 0. The number of aryl methyl sites for hydroxylation is 1. The first kappa shape index (κ1) is 15.1. The number of aromatic nitrogens is 2. The topological polar surface area (TPSA) is 37.8 Å². The van der Waals surface area contributed by atoms with Crippen molar-refractivity contribution in [3.05, 3.63) is 51.5 Å². The Labute approximate surface area is 136 Å². The van der Waals surface area contributed by atoms with E-state index in [1.807, 2.05) is 5.38 Å². The van der Waals surface area contributed by atoms with Gasteiger partial charge in [-0.1, -0.05) is 6.92 Å². The van der Waals surface area contributed by atoms with Crippen LogP contribution in [-0.2, 0) is 6.42 Å². The highest BCUT2D eigenvalue weighted by Crippen LogP contribution is 2.28. The van der Waals surface area contributed by atoms with Crippen LogP contribution in [0.3, 0.4) is 0 Å². The van der Waals surface area contributed by atoms with E-state index in [-0.39, 0.29) is 11.9 Å². The van der Waals surface area contributed by atoms with E-state index in [4.69, 9.17) is 0 Å². The molecule has 0 bridgehead atoms. The quantitative estimate of drug-likeness (QED) is 0.702. The van der Waals surface area contributed by atoms with Crippen LogP contribution in [0.25, 0.3) is 11.3 Å². The van der Waals surface area contributed by atoms with E-state index in [1.165, 1.54) is 12.1 Å². The number of rotatable bonds is 5. The number of hydrogen-bond donors (Lipinski definition) is 1. The summed E-state index contributed by atoms with van der Waals surface area (Å²) in [6.07, 6.45) is 0.962. The Balaban J connectivity index is 1.72. The molecule has 0 amide bonds. The van der Waals surface area contributed by atoms with Crippen LogP contribution in [0.2, 0.25) is 0 Å². The molecular weight excluding hydrogens is 317 g/mol. The molecule has 2 aromatic heterocycles. The highest BCUT2D eigenvalue weighted by Gasteiger charge is 2.12. The van der Waals surface area contributed by atoms with E-state index >= 15 is 0 Å². The van der Waals surface area contributed by atoms with Gasteiger partial charge in [0.1, 0.15) is 5.82 Å². The lowest BCUT2D eigenvalue weighted by atomic mass is 10.2. The van der Waals surface area contributed by atoms with Crippen molar-refractivity contribution in [1.82, 2.24) is 9.97 Å². The summed E-state index contributed by atoms with van der Waals surface area (Å²) in [5, 5.41) is 9.43. The summed E-state index contributed by atoms with van der Waals surface area (Å²) in [5.74, 6) is -0.235. The maximum Gasteiger partial charge on any atom is 0.183 e. The van der Waals surface area contributed by atoms with Gasteiger partial charge >= 0.3 is 0 Å². The highest BCUT2D eigenvalue weighted by atomic mass is 32.1. The second-order valence-corrected chi connectivity index (χ2v) is 6.73. The van der Waals surface area contributed by atoms with Crippen molar-refractivity contribution in [3.63, 3.8) is 0 Å². The normalized spacial score (nSPS) is 12.3. The van der Waals surface area contributed by atoms with E-state index in [0.29, 0.717) is 0 Å². The number of nitrogens with one attached hydrogen (secondary N) is 1. The summed E-state index contributed by atoms with van der Waals surface area (Å²) >= 11 is 3.23. The second-order valence-electron chi connectivity index (χ2n) is 4.93. The van der Waals surface area contributed by atoms with Gasteiger partial charge in [0.2, 0.25) is 0 Å². The number of thiazole rings is 2. The van der Waals surface area contributed by atoms with Gasteiger partial charge in [0.25, 0.3) is 0 Å². The van der Waals surface area contributed by atoms with Crippen LogP contribution < -0.4 is 5.32 Å². The summed E-state index contributed by atoms with van der Waals surface area (Å²) < 4.78 is 13.0. The lowest BCUT2D eigenvalue weighted by molar-refractivity contribution is 0.628. The van der Waals surface area contributed by atoms with Crippen LogP contribution in [0, 0.1) is 5.82 Å². The van der Waals surface area contributed by atoms with Gasteiger partial charge in [-0.25, -0.2) is 14.4 Å². The van der Waals surface area contributed by atoms with E-state index in [0.717, 1.165) is 33.5 Å². The molecule has 0 spiro atoms. The van der Waals surface area contributed by atoms with Crippen molar-refractivity contribution < 1.29 is 4.39 Å². The summed E-state index contributed by atoms with van der Waals surface area (Å²) in [4.78, 5) is 9.15. The molecule has 0 saturated heterocycles. The Morgan fingerprint density at radius 3 is 2.59 bits per heavy atom. The van der Waals surface area contributed by atoms with Crippen LogP contribution in [0.15, 0.2) is 35.0 Å². The van der Waals surface area contributed by atoms with Gasteiger partial charge in [0.15, 0.2) is 5.13 Å². The van der Waals surface area contributed by atoms with Crippen LogP contribution in [-0.4, -0.2) is 9.97 Å². The predicted molar refractivity (Wildman–Crippen MR) is 91.0 cm³/mol. The Bertz CT molecular complexity index is 749. The Kier molecular flexibility index (Phi) is 4.49. The molecule has 0 aliphatic carbocycles. The zero-order valence-electron chi connectivity index (χ0n) is 12.3. The fourth-order valence-electron chi connectivity index (χ4n) is 2.04. The van der Waals surface area contributed by atoms with Gasteiger partial charge in [-0.05, 0) is 37.6 Å². The van der Waals surface area contributed by atoms with Crippen molar-refractivity contribution in [1.29, 1.82) is 0 Å². The van der Waals surface area contributed by atoms with E-state index in [2.05, 4.69) is 34.5 Å². The zero-order valence-corrected chi connectivity index (χ0v) is 14.0. The fourth-order valence-corrected chi connectivity index (χ4v) is 3.69. The minimum atomic E-state index is -0.235. The molecule has 1 atom stereocenters. The molecule has 0 saturated carbocycles. The first-order chi connectivity index (χ1) is 10.7. The monoisotopic (exact) mass is 333 g/mol. The summed E-state index contributed by atoms with van der Waals surface area (Å²) in [5.41, 5.74) is 2.81. The Morgan fingerprint density at radius 2 is 1.91 bits per heavy atom. The van der Waals surface area contributed by atoms with Gasteiger partial charge in [-0.2, -0.15) is 0 Å². The third-order valence-corrected chi connectivity index (χ3v) is 5.08. The zero-order chi connectivity index (χ0) is 15.5. The van der Waals surface area contributed by atoms with Gasteiger partial charge in [0.05, 0.1) is 22.4 Å². The molecule has 0 aliphatic rings. The number of hydrogen-bond acceptors (Lipinski definition) is 5. The maximum atomic E-state index is 13.0. The van der Waals surface area contributed by atoms with Crippen LogP contribution in [0.4, 0.5) is 9.52 Å². The molecule has 3 aromatic rings. The highest BCUT2D eigenvalue weighted by molar-refractivity contribution is 7.14. The molecule has 0 fully saturated rings. The minimum absolute atomic E-state index is 0.115. The minimum Gasteiger partial charge on any atom is -0.353 e. The molecule has 3 rings (SSSR count). The Morgan fingerprint density at radius 1 is 1.14 bits per heavy atom. The molecule has 1 unspecified atom stereocenters. The van der Waals surface area contributed by atoms with E-state index in [9.17, 15) is 4.39 Å². The molecule has 6 heteroatoms. The average Bonchev–Trinajstić information content (AvgIpc) is 3.17. The second kappa shape index (κ2) is 6.54. The third kappa shape index (κ3) is 3.34. The molecule has 1 N–H and O–H groups in total. The maximum absolute atomic E-state index is 13.0. The van der Waals surface area contributed by atoms with Crippen LogP contribution >= 0.6 is 22.7 Å². The van der Waals surface area contributed by atoms with Crippen molar-refractivity contribution in [3.8, 4) is 11.3 Å². The average molecular weight is 333 g/mol. The molecular formula is C16H16FN3S2. The number of halogens is 1. The van der Waals surface area contributed by atoms with Crippen LogP contribution in [0.5, 0.6) is 0 Å². The van der Waals surface area contributed by atoms with Crippen molar-refractivity contribution >= 4 is 27.8 Å². The first-order valence-electron chi connectivity index (χ1n) is 7.08. The largest absolute Gasteiger partial charge is 0.353 e. The first-order valence-corrected chi connectivity index (χ1v) is 8.84. The Hall–Kier alpha value is -1.79. The van der Waals surface area contributed by atoms with Crippen LogP contribution in [0.1, 0.15) is 30.6 Å². The summed E-state index contributed by atoms with van der Waals surface area (Å²) in [6.45, 7) is 4.18. The summed E-state index contributed by atoms with van der Waals surface area (Å²) in [6, 6.07) is 6.50. The van der Waals surface area contributed by atoms with Crippen molar-refractivity contribution in [2.24, 2.45) is 0 Å². The van der Waals surface area contributed by atoms with Gasteiger partial charge < -0.3 is 5.32 Å². The number of anilines is 1. The molecule has 0 aliphatic heterocycles. The smallest absolute Gasteiger partial charge is 0.183 e. The standard InChI is InChI=1S/C16H16FN3S2/c1-3-15-19-13(8-21-15)10(2)18-16-20-14(9-22-16)11-4-6-12(17)7-5-11/h4-10H,3H2,1-2H3,(H,18,20). The SMILES string of the molecule is CCc1nc(C(C)Nc2nc(-c3ccc(F)cc3)cs2)cs1. The predicted octanol–water partition coefficient (Wildman–Crippen LogP) is 5.14. The molecule has 2 heterocycles. The van der Waals surface area contributed by atoms with E-state index in [1.54, 1.807) is 34.8 Å². The number of benzene rings is 1. The molecule has 0 radical (unpaired) electrons. The fraction of sp³-hybridized carbons (Fsp3) is 0.250. The van der Waals surface area contributed by atoms with Gasteiger partial charge in [0, 0.05) is 16.3 Å². The molecule has 1 aromatic carbocycles. The molecule has 3 nitrogen and oxygen atoms in total. The lowest BCUT2D eigenvalue weighted by Gasteiger charge is -2.09. The lowest BCUT2D eigenvalue weighted by Crippen LogP contribution is -2.06. The van der Waals surface area contributed by atoms with Gasteiger partial charge in [-0.3, -0.25) is 0 Å². The molecule has 22 heavy (non-hydrogen) atoms. The van der Waals surface area contributed by atoms with E-state index < -0.39 is 0 Å². The van der Waals surface area contributed by atoms with Crippen molar-refractivity contribution in [2.45, 2.75) is 26.3 Å². The number of nitrogens with zero attached hydrogens (tertiary/aromatic N) is 2. The van der Waals surface area contributed by atoms with Crippen molar-refractivity contribution in [2.75, 3.05) is 5.32 Å². The third-order valence-electron chi connectivity index (χ3n) is 3.30.